The van der Waals surface area contributed by atoms with Crippen LogP contribution in [0.2, 0.25) is 0 Å². The van der Waals surface area contributed by atoms with Crippen LogP contribution in [0.1, 0.15) is 37.2 Å². The number of aromatic amines is 1. The van der Waals surface area contributed by atoms with Gasteiger partial charge in [0.25, 0.3) is 5.91 Å². The number of aromatic nitrogens is 1. The topological polar surface area (TPSA) is 96.9 Å². The first-order valence-electron chi connectivity index (χ1n) is 9.80. The van der Waals surface area contributed by atoms with Crippen LogP contribution in [0.4, 0.5) is 4.39 Å². The molecule has 1 heterocycles. The zero-order valence-electron chi connectivity index (χ0n) is 16.8. The molecule has 0 aliphatic heterocycles. The van der Waals surface area contributed by atoms with Crippen LogP contribution in [0.25, 0.3) is 22.0 Å². The second-order valence-corrected chi connectivity index (χ2v) is 7.28. The molecule has 1 atom stereocenters. The number of hydrogen-bond donors (Lipinski definition) is 4. The van der Waals surface area contributed by atoms with Crippen LogP contribution in [-0.2, 0) is 0 Å². The number of hydrogen-bond acceptors (Lipinski definition) is 3. The Labute approximate surface area is 179 Å². The fraction of sp³-hybridized carbons (Fsp3) is 0.318. The van der Waals surface area contributed by atoms with E-state index < -0.39 is 0 Å². The summed E-state index contributed by atoms with van der Waals surface area (Å²) in [6.07, 6.45) is 1.60. The van der Waals surface area contributed by atoms with Crippen molar-refractivity contribution in [3.63, 3.8) is 0 Å². The zero-order chi connectivity index (χ0) is 21.4. The second-order valence-electron chi connectivity index (χ2n) is 6.48. The number of benzene rings is 2. The maximum Gasteiger partial charge on any atom is 0.268 e. The quantitative estimate of drug-likeness (QED) is 0.414. The molecule has 0 radical (unpaired) electrons. The Bertz CT molecular complexity index is 940. The lowest BCUT2D eigenvalue weighted by Crippen LogP contribution is -2.37. The van der Waals surface area contributed by atoms with Gasteiger partial charge in [0.2, 0.25) is 0 Å². The number of nitrogens with one attached hydrogen (secondary N) is 2. The molecule has 0 bridgehead atoms. The minimum absolute atomic E-state index is 0.120. The summed E-state index contributed by atoms with van der Waals surface area (Å²) in [5, 5.41) is 3.74. The molecule has 5 nitrogen and oxygen atoms in total. The van der Waals surface area contributed by atoms with Crippen molar-refractivity contribution in [2.45, 2.75) is 32.7 Å². The number of amides is 1. The predicted octanol–water partition coefficient (Wildman–Crippen LogP) is 4.56. The Balaban J connectivity index is 0.00000145. The maximum atomic E-state index is 13.1. The van der Waals surface area contributed by atoms with Crippen LogP contribution in [0.5, 0.6) is 0 Å². The van der Waals surface area contributed by atoms with E-state index in [0.29, 0.717) is 23.3 Å². The summed E-state index contributed by atoms with van der Waals surface area (Å²) in [6, 6.07) is 12.0. The van der Waals surface area contributed by atoms with Crippen molar-refractivity contribution in [2.75, 3.05) is 13.1 Å². The molecule has 0 saturated carbocycles. The molecule has 0 saturated heterocycles. The largest absolute Gasteiger partial charge is 0.350 e. The van der Waals surface area contributed by atoms with E-state index in [1.165, 1.54) is 12.1 Å². The average molecular weight is 463 g/mol. The monoisotopic (exact) mass is 462 g/mol. The first kappa shape index (κ1) is 23.1. The van der Waals surface area contributed by atoms with E-state index >= 15 is 0 Å². The smallest absolute Gasteiger partial charge is 0.268 e. The Morgan fingerprint density at radius 1 is 1.17 bits per heavy atom. The number of H-pyrrole nitrogens is 1. The summed E-state index contributed by atoms with van der Waals surface area (Å²) in [5.74, 6) is -0.490. The summed E-state index contributed by atoms with van der Waals surface area (Å²) < 4.78 is 13.8. The van der Waals surface area contributed by atoms with Gasteiger partial charge >= 0.3 is 0 Å². The fourth-order valence-electron chi connectivity index (χ4n) is 2.93. The number of nitrogens with two attached hydrogens (primary N) is 2. The van der Waals surface area contributed by atoms with Gasteiger partial charge in [-0.2, -0.15) is 0 Å². The standard InChI is InChI=1S/C20H22BrFN4O.C2H6/c21-18-16-10-13(12-3-6-14(22)7-4-12)5-8-17(16)26-19(18)20(27)25-11-15(24)2-1-9-23;1-2/h3-8,10,15,26H,1-2,9,11,23-24H2,(H,25,27);1-2H3. The van der Waals surface area contributed by atoms with Crippen LogP contribution < -0.4 is 16.8 Å². The van der Waals surface area contributed by atoms with Crippen molar-refractivity contribution in [2.24, 2.45) is 11.5 Å². The highest BCUT2D eigenvalue weighted by molar-refractivity contribution is 9.10. The highest BCUT2D eigenvalue weighted by Crippen LogP contribution is 2.32. The molecular weight excluding hydrogens is 435 g/mol. The van der Waals surface area contributed by atoms with E-state index in [1.807, 2.05) is 32.0 Å². The highest BCUT2D eigenvalue weighted by atomic mass is 79.9. The fourth-order valence-corrected chi connectivity index (χ4v) is 3.54. The molecule has 6 N–H and O–H groups in total. The lowest BCUT2D eigenvalue weighted by Gasteiger charge is -2.11. The van der Waals surface area contributed by atoms with E-state index in [0.717, 1.165) is 34.9 Å². The van der Waals surface area contributed by atoms with Gasteiger partial charge in [-0.3, -0.25) is 4.79 Å². The molecule has 156 valence electrons. The van der Waals surface area contributed by atoms with Gasteiger partial charge in [0.05, 0.1) is 4.47 Å². The molecule has 1 unspecified atom stereocenters. The van der Waals surface area contributed by atoms with Gasteiger partial charge in [-0.1, -0.05) is 32.0 Å². The summed E-state index contributed by atoms with van der Waals surface area (Å²) in [5.41, 5.74) is 14.6. The Kier molecular flexibility index (Phi) is 8.82. The molecule has 0 aliphatic rings. The summed E-state index contributed by atoms with van der Waals surface area (Å²) in [7, 11) is 0. The molecule has 1 amide bonds. The van der Waals surface area contributed by atoms with Crippen LogP contribution >= 0.6 is 15.9 Å². The number of halogens is 2. The molecule has 29 heavy (non-hydrogen) atoms. The number of carbonyl (C=O) groups excluding carboxylic acids is 1. The van der Waals surface area contributed by atoms with Gasteiger partial charge in [0.15, 0.2) is 0 Å². The van der Waals surface area contributed by atoms with Gasteiger partial charge < -0.3 is 21.8 Å². The molecule has 0 aliphatic carbocycles. The first-order chi connectivity index (χ1) is 14.0. The van der Waals surface area contributed by atoms with Crippen LogP contribution in [-0.4, -0.2) is 30.0 Å². The first-order valence-corrected chi connectivity index (χ1v) is 10.6. The molecular formula is C22H28BrFN4O. The molecule has 7 heteroatoms. The lowest BCUT2D eigenvalue weighted by molar-refractivity contribution is 0.0946. The summed E-state index contributed by atoms with van der Waals surface area (Å²) in [4.78, 5) is 15.7. The van der Waals surface area contributed by atoms with Crippen LogP contribution in [0.3, 0.4) is 0 Å². The van der Waals surface area contributed by atoms with Gasteiger partial charge in [0, 0.05) is 23.5 Å². The minimum Gasteiger partial charge on any atom is -0.350 e. The molecule has 0 spiro atoms. The minimum atomic E-state index is -0.272. The molecule has 2 aromatic carbocycles. The number of carbonyl (C=O) groups is 1. The van der Waals surface area contributed by atoms with Crippen LogP contribution in [0, 0.1) is 5.82 Å². The van der Waals surface area contributed by atoms with Crippen molar-refractivity contribution < 1.29 is 9.18 Å². The third kappa shape index (κ3) is 5.88. The predicted molar refractivity (Wildman–Crippen MR) is 121 cm³/mol. The highest BCUT2D eigenvalue weighted by Gasteiger charge is 2.17. The van der Waals surface area contributed by atoms with Crippen molar-refractivity contribution in [3.05, 3.63) is 58.4 Å². The van der Waals surface area contributed by atoms with Gasteiger partial charge in [-0.15, -0.1) is 0 Å². The third-order valence-electron chi connectivity index (χ3n) is 4.44. The van der Waals surface area contributed by atoms with Gasteiger partial charge in [-0.05, 0) is 70.7 Å². The average Bonchev–Trinajstić information content (AvgIpc) is 3.08. The molecule has 1 aromatic heterocycles. The van der Waals surface area contributed by atoms with E-state index in [2.05, 4.69) is 26.2 Å². The van der Waals surface area contributed by atoms with E-state index in [9.17, 15) is 9.18 Å². The van der Waals surface area contributed by atoms with Gasteiger partial charge in [-0.25, -0.2) is 4.39 Å². The Morgan fingerprint density at radius 2 is 1.83 bits per heavy atom. The van der Waals surface area contributed by atoms with Crippen molar-refractivity contribution in [1.29, 1.82) is 0 Å². The lowest BCUT2D eigenvalue weighted by atomic mass is 10.0. The van der Waals surface area contributed by atoms with E-state index in [4.69, 9.17) is 11.5 Å². The molecule has 0 fully saturated rings. The van der Waals surface area contributed by atoms with Crippen molar-refractivity contribution in [3.8, 4) is 11.1 Å². The summed E-state index contributed by atoms with van der Waals surface area (Å²) >= 11 is 3.52. The normalized spacial score (nSPS) is 11.7. The number of rotatable bonds is 7. The summed E-state index contributed by atoms with van der Waals surface area (Å²) in [6.45, 7) is 4.98. The van der Waals surface area contributed by atoms with Crippen LogP contribution in [0.15, 0.2) is 46.9 Å². The maximum absolute atomic E-state index is 13.1. The second kappa shape index (κ2) is 11.1. The third-order valence-corrected chi connectivity index (χ3v) is 5.27. The molecule has 3 aromatic rings. The molecule has 3 rings (SSSR count). The van der Waals surface area contributed by atoms with Crippen molar-refractivity contribution >= 4 is 32.7 Å². The van der Waals surface area contributed by atoms with Crippen molar-refractivity contribution in [1.82, 2.24) is 10.3 Å². The van der Waals surface area contributed by atoms with Gasteiger partial charge in [0.1, 0.15) is 11.5 Å². The zero-order valence-corrected chi connectivity index (χ0v) is 18.4. The SMILES string of the molecule is CC.NCCCC(N)CNC(=O)c1[nH]c2ccc(-c3ccc(F)cc3)cc2c1Br. The van der Waals surface area contributed by atoms with E-state index in [1.54, 1.807) is 12.1 Å². The number of fused-ring (bicyclic) bond motifs is 1. The Morgan fingerprint density at radius 3 is 2.48 bits per heavy atom. The van der Waals surface area contributed by atoms with E-state index in [-0.39, 0.29) is 17.8 Å². The Hall–Kier alpha value is -2.22.